The molecule has 0 saturated heterocycles. The Bertz CT molecular complexity index is 346. The van der Waals surface area contributed by atoms with Crippen LogP contribution in [-0.4, -0.2) is 32.6 Å². The van der Waals surface area contributed by atoms with Gasteiger partial charge in [-0.2, -0.15) is 0 Å². The van der Waals surface area contributed by atoms with Gasteiger partial charge in [0.05, 0.1) is 5.75 Å². The molecule has 2 aliphatic carbocycles. The van der Waals surface area contributed by atoms with Gasteiger partial charge in [-0.05, 0) is 42.9 Å². The van der Waals surface area contributed by atoms with Crippen LogP contribution in [0.15, 0.2) is 0 Å². The lowest BCUT2D eigenvalue weighted by molar-refractivity contribution is 0.355. The molecule has 3 atom stereocenters. The summed E-state index contributed by atoms with van der Waals surface area (Å²) in [6.45, 7) is 6.50. The molecule has 108 valence electrons. The van der Waals surface area contributed by atoms with Crippen LogP contribution in [-0.2, 0) is 10.0 Å². The van der Waals surface area contributed by atoms with Crippen LogP contribution in [0.2, 0.25) is 0 Å². The molecule has 0 aromatic carbocycles. The number of hydrogen-bond acceptors (Lipinski definition) is 2. The topological polar surface area (TPSA) is 37.4 Å². The van der Waals surface area contributed by atoms with Gasteiger partial charge >= 0.3 is 0 Å². The van der Waals surface area contributed by atoms with E-state index in [1.54, 1.807) is 14.1 Å². The van der Waals surface area contributed by atoms with Crippen LogP contribution in [0.25, 0.3) is 0 Å². The summed E-state index contributed by atoms with van der Waals surface area (Å²) in [6.07, 6.45) is 5.03. The minimum atomic E-state index is -2.97. The fourth-order valence-corrected chi connectivity index (χ4v) is 4.25. The smallest absolute Gasteiger partial charge is 0.212 e. The Hall–Kier alpha value is -0.0900. The lowest BCUT2D eigenvalue weighted by Crippen LogP contribution is -2.30. The Labute approximate surface area is 113 Å². The SMILES string of the molecule is CC(C)C.CN(C)S(=O)(=O)CC1CC2CCC1C2. The molecule has 2 saturated carbocycles. The van der Waals surface area contributed by atoms with E-state index in [2.05, 4.69) is 20.8 Å². The highest BCUT2D eigenvalue weighted by atomic mass is 32.2. The largest absolute Gasteiger partial charge is 0.213 e. The second-order valence-electron chi connectivity index (χ2n) is 6.73. The molecule has 3 nitrogen and oxygen atoms in total. The maximum Gasteiger partial charge on any atom is 0.213 e. The van der Waals surface area contributed by atoms with Gasteiger partial charge in [-0.1, -0.05) is 27.2 Å². The lowest BCUT2D eigenvalue weighted by atomic mass is 9.90. The van der Waals surface area contributed by atoms with Crippen LogP contribution >= 0.6 is 0 Å². The van der Waals surface area contributed by atoms with Gasteiger partial charge in [0.15, 0.2) is 0 Å². The zero-order chi connectivity index (χ0) is 13.9. The molecule has 2 bridgehead atoms. The van der Waals surface area contributed by atoms with E-state index >= 15 is 0 Å². The first-order chi connectivity index (χ1) is 8.22. The van der Waals surface area contributed by atoms with E-state index in [-0.39, 0.29) is 0 Å². The zero-order valence-electron chi connectivity index (χ0n) is 12.5. The standard InChI is InChI=1S/C10H19NO2S.C4H10/c1-11(2)14(12,13)7-10-6-8-3-4-9(10)5-8;1-4(2)3/h8-10H,3-7H2,1-2H3;4H,1-3H3. The Balaban J connectivity index is 0.000000357. The minimum Gasteiger partial charge on any atom is -0.212 e. The van der Waals surface area contributed by atoms with Gasteiger partial charge in [-0.3, -0.25) is 0 Å². The summed E-state index contributed by atoms with van der Waals surface area (Å²) in [7, 11) is 0.284. The molecule has 18 heavy (non-hydrogen) atoms. The normalized spacial score (nSPS) is 30.7. The van der Waals surface area contributed by atoms with Crippen molar-refractivity contribution in [3.63, 3.8) is 0 Å². The van der Waals surface area contributed by atoms with Gasteiger partial charge in [-0.15, -0.1) is 0 Å². The van der Waals surface area contributed by atoms with Gasteiger partial charge in [0.25, 0.3) is 0 Å². The van der Waals surface area contributed by atoms with E-state index in [1.165, 1.54) is 23.6 Å². The summed E-state index contributed by atoms with van der Waals surface area (Å²) in [6, 6.07) is 0. The molecule has 0 aliphatic heterocycles. The number of rotatable bonds is 3. The second-order valence-corrected chi connectivity index (χ2v) is 8.96. The van der Waals surface area contributed by atoms with E-state index in [1.807, 2.05) is 0 Å². The van der Waals surface area contributed by atoms with E-state index < -0.39 is 10.0 Å². The van der Waals surface area contributed by atoms with Crippen LogP contribution < -0.4 is 0 Å². The van der Waals surface area contributed by atoms with Crippen molar-refractivity contribution in [2.75, 3.05) is 19.8 Å². The quantitative estimate of drug-likeness (QED) is 0.794. The van der Waals surface area contributed by atoms with Crippen molar-refractivity contribution in [2.24, 2.45) is 23.7 Å². The molecule has 3 unspecified atom stereocenters. The monoisotopic (exact) mass is 275 g/mol. The predicted molar refractivity (Wildman–Crippen MR) is 76.9 cm³/mol. The van der Waals surface area contributed by atoms with Gasteiger partial charge in [0.1, 0.15) is 0 Å². The van der Waals surface area contributed by atoms with Crippen LogP contribution in [0.3, 0.4) is 0 Å². The summed E-state index contributed by atoms with van der Waals surface area (Å²) in [5.41, 5.74) is 0. The van der Waals surface area contributed by atoms with Crippen LogP contribution in [0, 0.1) is 23.7 Å². The van der Waals surface area contributed by atoms with Crippen molar-refractivity contribution in [3.8, 4) is 0 Å². The average molecular weight is 275 g/mol. The Morgan fingerprint density at radius 1 is 1.11 bits per heavy atom. The first-order valence-corrected chi connectivity index (χ1v) is 8.73. The summed E-state index contributed by atoms with van der Waals surface area (Å²) in [4.78, 5) is 0. The second kappa shape index (κ2) is 6.38. The Morgan fingerprint density at radius 2 is 1.67 bits per heavy atom. The molecule has 0 aromatic rings. The lowest BCUT2D eigenvalue weighted by Gasteiger charge is -2.23. The third kappa shape index (κ3) is 4.54. The highest BCUT2D eigenvalue weighted by molar-refractivity contribution is 7.89. The van der Waals surface area contributed by atoms with E-state index in [0.29, 0.717) is 17.6 Å². The van der Waals surface area contributed by atoms with E-state index in [0.717, 1.165) is 18.3 Å². The van der Waals surface area contributed by atoms with Crippen molar-refractivity contribution < 1.29 is 8.42 Å². The van der Waals surface area contributed by atoms with Gasteiger partial charge in [0.2, 0.25) is 10.0 Å². The molecule has 4 heteroatoms. The third-order valence-corrected chi connectivity index (χ3v) is 5.83. The van der Waals surface area contributed by atoms with Gasteiger partial charge < -0.3 is 0 Å². The molecule has 0 amide bonds. The highest BCUT2D eigenvalue weighted by Crippen LogP contribution is 2.48. The first-order valence-electron chi connectivity index (χ1n) is 7.12. The Morgan fingerprint density at radius 3 is 2.00 bits per heavy atom. The molecule has 0 aromatic heterocycles. The fraction of sp³-hybridized carbons (Fsp3) is 1.00. The highest BCUT2D eigenvalue weighted by Gasteiger charge is 2.41. The van der Waals surface area contributed by atoms with Crippen molar-refractivity contribution in [3.05, 3.63) is 0 Å². The van der Waals surface area contributed by atoms with Crippen molar-refractivity contribution in [1.29, 1.82) is 0 Å². The molecule has 0 radical (unpaired) electrons. The summed E-state index contributed by atoms with van der Waals surface area (Å²) in [5, 5.41) is 0. The molecule has 0 heterocycles. The summed E-state index contributed by atoms with van der Waals surface area (Å²) in [5.74, 6) is 3.19. The maximum absolute atomic E-state index is 11.7. The van der Waals surface area contributed by atoms with Crippen molar-refractivity contribution >= 4 is 10.0 Å². The average Bonchev–Trinajstić information content (AvgIpc) is 2.76. The van der Waals surface area contributed by atoms with Gasteiger partial charge in [0, 0.05) is 14.1 Å². The maximum atomic E-state index is 11.7. The predicted octanol–water partition coefficient (Wildman–Crippen LogP) is 2.98. The number of nitrogens with zero attached hydrogens (tertiary/aromatic N) is 1. The van der Waals surface area contributed by atoms with Crippen molar-refractivity contribution in [2.45, 2.75) is 46.5 Å². The first kappa shape index (κ1) is 16.0. The summed E-state index contributed by atoms with van der Waals surface area (Å²) >= 11 is 0. The molecule has 2 aliphatic rings. The molecule has 2 fully saturated rings. The van der Waals surface area contributed by atoms with E-state index in [9.17, 15) is 8.42 Å². The molecular formula is C14H29NO2S. The third-order valence-electron chi connectivity index (χ3n) is 3.87. The van der Waals surface area contributed by atoms with Crippen LogP contribution in [0.5, 0.6) is 0 Å². The Kier molecular flexibility index (Phi) is 5.66. The molecular weight excluding hydrogens is 246 g/mol. The van der Waals surface area contributed by atoms with E-state index in [4.69, 9.17) is 0 Å². The van der Waals surface area contributed by atoms with Gasteiger partial charge in [-0.25, -0.2) is 12.7 Å². The summed E-state index contributed by atoms with van der Waals surface area (Å²) < 4.78 is 24.7. The van der Waals surface area contributed by atoms with Crippen LogP contribution in [0.1, 0.15) is 46.5 Å². The zero-order valence-corrected chi connectivity index (χ0v) is 13.3. The molecule has 2 rings (SSSR count). The molecule has 0 N–H and O–H groups in total. The minimum absolute atomic E-state index is 0.376. The number of hydrogen-bond donors (Lipinski definition) is 0. The number of fused-ring (bicyclic) bond motifs is 2. The fourth-order valence-electron chi connectivity index (χ4n) is 3.00. The van der Waals surface area contributed by atoms with Crippen molar-refractivity contribution in [1.82, 2.24) is 4.31 Å². The number of sulfonamides is 1. The van der Waals surface area contributed by atoms with Crippen LogP contribution in [0.4, 0.5) is 0 Å². The molecule has 0 spiro atoms.